The molecule has 0 aliphatic carbocycles. The Bertz CT molecular complexity index is 101. The molecule has 0 saturated carbocycles. The molecule has 0 spiro atoms. The van der Waals surface area contributed by atoms with Crippen LogP contribution in [0.15, 0.2) is 10.7 Å². The summed E-state index contributed by atoms with van der Waals surface area (Å²) < 4.78 is 7.11. The summed E-state index contributed by atoms with van der Waals surface area (Å²) in [6.07, 6.45) is 0. The molecule has 0 aromatic heterocycles. The van der Waals surface area contributed by atoms with Crippen LogP contribution in [0, 0.1) is 0 Å². The van der Waals surface area contributed by atoms with Gasteiger partial charge in [-0.3, -0.25) is 0 Å². The van der Waals surface area contributed by atoms with E-state index in [0.29, 0.717) is 11.1 Å². The molecule has 0 heterocycles. The Kier molecular flexibility index (Phi) is 6.12. The predicted molar refractivity (Wildman–Crippen MR) is 37.4 cm³/mol. The monoisotopic (exact) mass is 244 g/mol. The first-order valence-electron chi connectivity index (χ1n) is 2.69. The summed E-state index contributed by atoms with van der Waals surface area (Å²) in [5.74, 6) is -0.0835. The van der Waals surface area contributed by atoms with E-state index < -0.39 is 0 Å². The minimum absolute atomic E-state index is 0.0835. The van der Waals surface area contributed by atoms with Crippen molar-refractivity contribution < 1.29 is 9.53 Å². The molecule has 0 aromatic carbocycles. The first-order chi connectivity index (χ1) is 4.31. The fraction of sp³-hybridized carbons (Fsp3) is 0.500. The summed E-state index contributed by atoms with van der Waals surface area (Å²) in [5.41, 5.74) is 0. The topological polar surface area (TPSA) is 26.3 Å². The average molecular weight is 242 g/mol. The number of esters is 1. The summed E-state index contributed by atoms with van der Waals surface area (Å²) in [6.45, 7) is 5.84. The first kappa shape index (κ1) is 9.00. The fourth-order valence-corrected chi connectivity index (χ4v) is 1.29. The Morgan fingerprint density at radius 1 is 1.89 bits per heavy atom. The number of carbonyl (C=O) groups is 1. The predicted octanol–water partition coefficient (Wildman–Crippen LogP) is 0.815. The Balaban J connectivity index is 3.16. The van der Waals surface area contributed by atoms with Crippen molar-refractivity contribution in [2.75, 3.05) is 6.61 Å². The van der Waals surface area contributed by atoms with E-state index in [1.165, 1.54) is 0 Å². The molecule has 0 amide bonds. The standard InChI is InChI=1S/C6H10O2Te/c1-3-8-6(7)5-9-4-2/h4H,2-3,5H2,1H3. The SMILES string of the molecule is C=C[Te]CC(=O)OCC. The molecule has 0 bridgehead atoms. The number of carbonyl (C=O) groups excluding carboxylic acids is 1. The van der Waals surface area contributed by atoms with E-state index in [4.69, 9.17) is 0 Å². The second kappa shape index (κ2) is 6.12. The van der Waals surface area contributed by atoms with Gasteiger partial charge in [0.1, 0.15) is 0 Å². The Hall–Kier alpha value is -0.000390. The van der Waals surface area contributed by atoms with Gasteiger partial charge in [-0.25, -0.2) is 0 Å². The van der Waals surface area contributed by atoms with Crippen molar-refractivity contribution in [3.05, 3.63) is 10.7 Å². The van der Waals surface area contributed by atoms with E-state index in [9.17, 15) is 4.79 Å². The van der Waals surface area contributed by atoms with Crippen LogP contribution in [0.3, 0.4) is 0 Å². The van der Waals surface area contributed by atoms with Crippen molar-refractivity contribution in [3.63, 3.8) is 0 Å². The van der Waals surface area contributed by atoms with Gasteiger partial charge in [-0.05, 0) is 0 Å². The average Bonchev–Trinajstić information content (AvgIpc) is 1.85. The van der Waals surface area contributed by atoms with E-state index in [1.807, 2.05) is 11.0 Å². The molecule has 0 rings (SSSR count). The van der Waals surface area contributed by atoms with E-state index in [0.717, 1.165) is 0 Å². The van der Waals surface area contributed by atoms with Crippen LogP contribution in [0.4, 0.5) is 0 Å². The van der Waals surface area contributed by atoms with Gasteiger partial charge in [0, 0.05) is 0 Å². The molecule has 0 fully saturated rings. The van der Waals surface area contributed by atoms with Crippen molar-refractivity contribution in [1.82, 2.24) is 0 Å². The maximum atomic E-state index is 10.6. The summed E-state index contributed by atoms with van der Waals surface area (Å²) in [7, 11) is 0. The molecule has 0 saturated heterocycles. The van der Waals surface area contributed by atoms with Crippen LogP contribution >= 0.6 is 0 Å². The van der Waals surface area contributed by atoms with Gasteiger partial charge in [-0.15, -0.1) is 0 Å². The first-order valence-corrected chi connectivity index (χ1v) is 5.68. The number of rotatable bonds is 4. The van der Waals surface area contributed by atoms with E-state index in [1.54, 1.807) is 0 Å². The number of ether oxygens (including phenoxy) is 1. The zero-order valence-electron chi connectivity index (χ0n) is 5.42. The van der Waals surface area contributed by atoms with Gasteiger partial charge in [-0.2, -0.15) is 0 Å². The van der Waals surface area contributed by atoms with Crippen molar-refractivity contribution >= 4 is 26.9 Å². The van der Waals surface area contributed by atoms with Crippen LogP contribution in [-0.2, 0) is 9.53 Å². The van der Waals surface area contributed by atoms with Crippen molar-refractivity contribution in [2.24, 2.45) is 0 Å². The summed E-state index contributed by atoms with van der Waals surface area (Å²) in [4.78, 5) is 10.6. The molecule has 0 aliphatic heterocycles. The molecule has 0 N–H and O–H groups in total. The molecule has 0 aromatic rings. The molecule has 0 radical (unpaired) electrons. The summed E-state index contributed by atoms with van der Waals surface area (Å²) >= 11 is -0.289. The second-order valence-electron chi connectivity index (χ2n) is 1.28. The van der Waals surface area contributed by atoms with Gasteiger partial charge in [0.25, 0.3) is 0 Å². The normalized spacial score (nSPS) is 8.56. The molecule has 9 heavy (non-hydrogen) atoms. The third-order valence-electron chi connectivity index (χ3n) is 0.624. The van der Waals surface area contributed by atoms with Crippen LogP contribution in [0.5, 0.6) is 0 Å². The summed E-state index contributed by atoms with van der Waals surface area (Å²) in [5, 5.41) is 0. The molecule has 0 atom stereocenters. The molecular weight excluding hydrogens is 232 g/mol. The van der Waals surface area contributed by atoms with Crippen LogP contribution < -0.4 is 0 Å². The van der Waals surface area contributed by atoms with Gasteiger partial charge >= 0.3 is 65.1 Å². The third kappa shape index (κ3) is 5.88. The van der Waals surface area contributed by atoms with Crippen molar-refractivity contribution in [1.29, 1.82) is 0 Å². The minimum atomic E-state index is -0.289. The fourth-order valence-electron chi connectivity index (χ4n) is 0.330. The van der Waals surface area contributed by atoms with Gasteiger partial charge in [0.05, 0.1) is 0 Å². The quantitative estimate of drug-likeness (QED) is 0.538. The van der Waals surface area contributed by atoms with Gasteiger partial charge in [-0.1, -0.05) is 0 Å². The zero-order valence-corrected chi connectivity index (χ0v) is 7.75. The van der Waals surface area contributed by atoms with Gasteiger partial charge in [0.15, 0.2) is 0 Å². The van der Waals surface area contributed by atoms with Gasteiger partial charge in [0.2, 0.25) is 0 Å². The Labute approximate surface area is 65.4 Å². The molecule has 52 valence electrons. The van der Waals surface area contributed by atoms with Crippen molar-refractivity contribution in [2.45, 2.75) is 11.4 Å². The van der Waals surface area contributed by atoms with Crippen LogP contribution in [0.2, 0.25) is 4.47 Å². The molecule has 2 nitrogen and oxygen atoms in total. The molecule has 3 heteroatoms. The van der Waals surface area contributed by atoms with E-state index >= 15 is 0 Å². The number of hydrogen-bond acceptors (Lipinski definition) is 2. The second-order valence-corrected chi connectivity index (χ2v) is 4.01. The Morgan fingerprint density at radius 2 is 2.56 bits per heavy atom. The van der Waals surface area contributed by atoms with Crippen molar-refractivity contribution in [3.8, 4) is 0 Å². The zero-order chi connectivity index (χ0) is 7.11. The molecule has 0 aliphatic rings. The number of hydrogen-bond donors (Lipinski definition) is 0. The summed E-state index contributed by atoms with van der Waals surface area (Å²) in [6, 6.07) is 0. The van der Waals surface area contributed by atoms with E-state index in [2.05, 4.69) is 11.3 Å². The molecular formula is C6H10O2Te. The van der Waals surface area contributed by atoms with Crippen LogP contribution in [0.25, 0.3) is 0 Å². The third-order valence-corrected chi connectivity index (χ3v) is 2.45. The van der Waals surface area contributed by atoms with Gasteiger partial charge < -0.3 is 0 Å². The van der Waals surface area contributed by atoms with Crippen LogP contribution in [-0.4, -0.2) is 33.5 Å². The van der Waals surface area contributed by atoms with Crippen LogP contribution in [0.1, 0.15) is 6.92 Å². The molecule has 0 unspecified atom stereocenters. The maximum absolute atomic E-state index is 10.6. The van der Waals surface area contributed by atoms with E-state index in [-0.39, 0.29) is 26.9 Å². The Morgan fingerprint density at radius 3 is 3.00 bits per heavy atom.